The number of aromatic nitrogens is 1. The number of fused-ring (bicyclic) bond motifs is 3. The van der Waals surface area contributed by atoms with Crippen LogP contribution in [-0.4, -0.2) is 0 Å². The van der Waals surface area contributed by atoms with Crippen LogP contribution in [0.4, 0.5) is 5.69 Å². The second-order valence-electron chi connectivity index (χ2n) is 6.20. The SMILES string of the molecule is [C-]#[N+]c1cccc2c1sc1c(-c3ccc(C)c[n+]3C)c(C)ccc12. The van der Waals surface area contributed by atoms with Crippen molar-refractivity contribution in [3.8, 4) is 11.3 Å². The van der Waals surface area contributed by atoms with E-state index in [1.807, 2.05) is 12.1 Å². The van der Waals surface area contributed by atoms with Crippen molar-refractivity contribution in [2.75, 3.05) is 0 Å². The third-order valence-electron chi connectivity index (χ3n) is 4.51. The molecule has 0 N–H and O–H groups in total. The molecule has 2 aromatic carbocycles. The van der Waals surface area contributed by atoms with Crippen molar-refractivity contribution < 1.29 is 4.57 Å². The van der Waals surface area contributed by atoms with E-state index in [2.05, 4.69) is 66.8 Å². The highest BCUT2D eigenvalue weighted by molar-refractivity contribution is 7.27. The molecule has 0 saturated heterocycles. The Kier molecular flexibility index (Phi) is 3.37. The number of thiophene rings is 1. The van der Waals surface area contributed by atoms with E-state index in [1.54, 1.807) is 11.3 Å². The van der Waals surface area contributed by atoms with Gasteiger partial charge in [-0.05, 0) is 36.2 Å². The number of nitrogens with zero attached hydrogens (tertiary/aromatic N) is 2. The Labute approximate surface area is 145 Å². The van der Waals surface area contributed by atoms with E-state index in [1.165, 1.54) is 37.9 Å². The van der Waals surface area contributed by atoms with Gasteiger partial charge in [0.1, 0.15) is 7.05 Å². The summed E-state index contributed by atoms with van der Waals surface area (Å²) >= 11 is 1.73. The number of rotatable bonds is 1. The molecule has 24 heavy (non-hydrogen) atoms. The first-order valence-electron chi connectivity index (χ1n) is 7.89. The van der Waals surface area contributed by atoms with Crippen LogP contribution >= 0.6 is 11.3 Å². The molecule has 0 bridgehead atoms. The van der Waals surface area contributed by atoms with Crippen molar-refractivity contribution in [1.82, 2.24) is 0 Å². The fraction of sp³-hybridized carbons (Fsp3) is 0.143. The Morgan fingerprint density at radius 1 is 0.958 bits per heavy atom. The molecule has 0 aliphatic heterocycles. The van der Waals surface area contributed by atoms with Crippen molar-refractivity contribution in [3.63, 3.8) is 0 Å². The zero-order chi connectivity index (χ0) is 16.8. The molecule has 0 saturated carbocycles. The average molecular weight is 329 g/mol. The molecule has 3 heteroatoms. The van der Waals surface area contributed by atoms with E-state index in [9.17, 15) is 0 Å². The smallest absolute Gasteiger partial charge is 0.213 e. The first-order chi connectivity index (χ1) is 11.6. The average Bonchev–Trinajstić information content (AvgIpc) is 2.94. The van der Waals surface area contributed by atoms with E-state index < -0.39 is 0 Å². The molecule has 116 valence electrons. The predicted octanol–water partition coefficient (Wildman–Crippen LogP) is 5.71. The molecule has 2 heterocycles. The molecule has 0 radical (unpaired) electrons. The molecular weight excluding hydrogens is 312 g/mol. The van der Waals surface area contributed by atoms with Gasteiger partial charge in [-0.3, -0.25) is 0 Å². The Hall–Kier alpha value is -2.70. The van der Waals surface area contributed by atoms with Crippen molar-refractivity contribution in [1.29, 1.82) is 0 Å². The summed E-state index contributed by atoms with van der Waals surface area (Å²) in [6, 6.07) is 14.7. The van der Waals surface area contributed by atoms with Crippen molar-refractivity contribution in [2.45, 2.75) is 13.8 Å². The molecular formula is C21H17N2S+. The molecule has 4 aromatic rings. The summed E-state index contributed by atoms with van der Waals surface area (Å²) in [6.07, 6.45) is 2.16. The number of hydrogen-bond donors (Lipinski definition) is 0. The van der Waals surface area contributed by atoms with E-state index in [4.69, 9.17) is 6.57 Å². The van der Waals surface area contributed by atoms with Crippen molar-refractivity contribution >= 4 is 37.2 Å². The van der Waals surface area contributed by atoms with Crippen LogP contribution in [0, 0.1) is 20.4 Å². The molecule has 4 rings (SSSR count). The maximum atomic E-state index is 7.44. The predicted molar refractivity (Wildman–Crippen MR) is 102 cm³/mol. The van der Waals surface area contributed by atoms with E-state index in [-0.39, 0.29) is 0 Å². The molecule has 0 aliphatic rings. The van der Waals surface area contributed by atoms with Crippen LogP contribution in [0.25, 0.3) is 36.3 Å². The van der Waals surface area contributed by atoms with Gasteiger partial charge in [0.15, 0.2) is 6.20 Å². The highest BCUT2D eigenvalue weighted by atomic mass is 32.1. The first kappa shape index (κ1) is 14.9. The van der Waals surface area contributed by atoms with Crippen LogP contribution in [0.5, 0.6) is 0 Å². The second kappa shape index (κ2) is 5.43. The van der Waals surface area contributed by atoms with Gasteiger partial charge in [-0.2, -0.15) is 0 Å². The topological polar surface area (TPSA) is 8.24 Å². The zero-order valence-electron chi connectivity index (χ0n) is 13.9. The molecule has 0 spiro atoms. The minimum Gasteiger partial charge on any atom is -0.237 e. The lowest BCUT2D eigenvalue weighted by Gasteiger charge is -2.06. The standard InChI is InChI=1S/C21H17N2S/c1-13-8-11-18(23(4)12-13)19-14(2)9-10-16-15-6-5-7-17(22-3)20(15)24-21(16)19/h5-12H,1-2,4H3/q+1. The summed E-state index contributed by atoms with van der Waals surface area (Å²) in [7, 11) is 2.10. The monoisotopic (exact) mass is 329 g/mol. The van der Waals surface area contributed by atoms with Crippen molar-refractivity contribution in [3.05, 3.63) is 71.2 Å². The quantitative estimate of drug-likeness (QED) is 0.312. The normalized spacial score (nSPS) is 11.1. The summed E-state index contributed by atoms with van der Waals surface area (Å²) in [6.45, 7) is 11.7. The van der Waals surface area contributed by atoms with Crippen molar-refractivity contribution in [2.24, 2.45) is 7.05 Å². The van der Waals surface area contributed by atoms with Crippen LogP contribution in [0.1, 0.15) is 11.1 Å². The first-order valence-corrected chi connectivity index (χ1v) is 8.71. The Balaban J connectivity index is 2.16. The lowest BCUT2D eigenvalue weighted by Crippen LogP contribution is -2.31. The third kappa shape index (κ3) is 2.11. The zero-order valence-corrected chi connectivity index (χ0v) is 14.7. The molecule has 0 unspecified atom stereocenters. The molecule has 0 aliphatic carbocycles. The van der Waals surface area contributed by atoms with Gasteiger partial charge in [0.2, 0.25) is 11.4 Å². The molecule has 2 nitrogen and oxygen atoms in total. The summed E-state index contributed by atoms with van der Waals surface area (Å²) in [5, 5.41) is 2.42. The molecule has 0 atom stereocenters. The summed E-state index contributed by atoms with van der Waals surface area (Å²) < 4.78 is 4.54. The molecule has 0 amide bonds. The number of aryl methyl sites for hydroxylation is 3. The van der Waals surface area contributed by atoms with Gasteiger partial charge in [0.05, 0.1) is 12.1 Å². The van der Waals surface area contributed by atoms with E-state index in [0.29, 0.717) is 0 Å². The minimum atomic E-state index is 0.741. The third-order valence-corrected chi connectivity index (χ3v) is 5.77. The highest BCUT2D eigenvalue weighted by Crippen LogP contribution is 2.43. The second-order valence-corrected chi connectivity index (χ2v) is 7.23. The Bertz CT molecular complexity index is 1150. The number of pyridine rings is 1. The maximum absolute atomic E-state index is 7.44. The fourth-order valence-electron chi connectivity index (χ4n) is 3.36. The summed E-state index contributed by atoms with van der Waals surface area (Å²) in [5.74, 6) is 0. The van der Waals surface area contributed by atoms with Crippen LogP contribution in [0.15, 0.2) is 48.7 Å². The van der Waals surface area contributed by atoms with Gasteiger partial charge in [-0.1, -0.05) is 30.3 Å². The lowest BCUT2D eigenvalue weighted by atomic mass is 10.0. The van der Waals surface area contributed by atoms with Crippen LogP contribution < -0.4 is 4.57 Å². The van der Waals surface area contributed by atoms with Crippen LogP contribution in [0.3, 0.4) is 0 Å². The number of benzene rings is 2. The van der Waals surface area contributed by atoms with Gasteiger partial charge in [-0.25, -0.2) is 9.41 Å². The fourth-order valence-corrected chi connectivity index (χ4v) is 4.72. The van der Waals surface area contributed by atoms with E-state index in [0.717, 1.165) is 10.4 Å². The Morgan fingerprint density at radius 3 is 2.50 bits per heavy atom. The summed E-state index contributed by atoms with van der Waals surface area (Å²) in [5.41, 5.74) is 5.73. The number of hydrogen-bond acceptors (Lipinski definition) is 1. The molecule has 0 fully saturated rings. The lowest BCUT2D eigenvalue weighted by molar-refractivity contribution is -0.660. The van der Waals surface area contributed by atoms with Crippen LogP contribution in [-0.2, 0) is 7.05 Å². The summed E-state index contributed by atoms with van der Waals surface area (Å²) in [4.78, 5) is 3.70. The van der Waals surface area contributed by atoms with Gasteiger partial charge < -0.3 is 0 Å². The largest absolute Gasteiger partial charge is 0.237 e. The van der Waals surface area contributed by atoms with Crippen LogP contribution in [0.2, 0.25) is 0 Å². The highest BCUT2D eigenvalue weighted by Gasteiger charge is 2.19. The maximum Gasteiger partial charge on any atom is 0.213 e. The van der Waals surface area contributed by atoms with Gasteiger partial charge >= 0.3 is 0 Å². The van der Waals surface area contributed by atoms with Gasteiger partial charge in [-0.15, -0.1) is 11.3 Å². The van der Waals surface area contributed by atoms with Gasteiger partial charge in [0, 0.05) is 21.0 Å². The molecule has 2 aromatic heterocycles. The Morgan fingerprint density at radius 2 is 1.75 bits per heavy atom. The minimum absolute atomic E-state index is 0.741. The van der Waals surface area contributed by atoms with Gasteiger partial charge in [0.25, 0.3) is 0 Å². The van der Waals surface area contributed by atoms with E-state index >= 15 is 0 Å².